The Kier molecular flexibility index (Phi) is 7.89. The van der Waals surface area contributed by atoms with Gasteiger partial charge in [0.2, 0.25) is 0 Å². The van der Waals surface area contributed by atoms with E-state index in [9.17, 15) is 4.79 Å². The molecule has 0 spiro atoms. The highest BCUT2D eigenvalue weighted by Gasteiger charge is 2.17. The molecule has 30 heavy (non-hydrogen) atoms. The zero-order chi connectivity index (χ0) is 21.2. The summed E-state index contributed by atoms with van der Waals surface area (Å²) in [7, 11) is 3.41. The first kappa shape index (κ1) is 21.4. The molecule has 1 amide bonds. The number of carbonyl (C=O) groups is 1. The Bertz CT molecular complexity index is 866. The van der Waals surface area contributed by atoms with Gasteiger partial charge in [-0.1, -0.05) is 42.0 Å². The molecule has 158 valence electrons. The molecule has 0 radical (unpaired) electrons. The van der Waals surface area contributed by atoms with Crippen LogP contribution in [-0.2, 0) is 0 Å². The third kappa shape index (κ3) is 6.11. The number of rotatable bonds is 6. The maximum Gasteiger partial charge on any atom is 0.251 e. The van der Waals surface area contributed by atoms with Crippen molar-refractivity contribution in [2.45, 2.75) is 12.8 Å². The first-order valence-corrected chi connectivity index (χ1v) is 10.3. The van der Waals surface area contributed by atoms with Crippen LogP contribution in [0.1, 0.15) is 28.8 Å². The first-order valence-electron chi connectivity index (χ1n) is 10.3. The Labute approximate surface area is 178 Å². The molecule has 1 heterocycles. The fourth-order valence-corrected chi connectivity index (χ4v) is 3.46. The Balaban J connectivity index is 1.40. The molecule has 3 rings (SSSR count). The van der Waals surface area contributed by atoms with E-state index in [1.807, 2.05) is 6.07 Å². The number of carbonyl (C=O) groups excluding carboxylic acids is 1. The number of hydrogen-bond donors (Lipinski definition) is 2. The van der Waals surface area contributed by atoms with Crippen LogP contribution in [-0.4, -0.2) is 57.1 Å². The number of nitrogens with zero attached hydrogens (tertiary/aromatic N) is 2. The summed E-state index contributed by atoms with van der Waals surface area (Å²) in [5, 5.41) is 6.28. The van der Waals surface area contributed by atoms with Gasteiger partial charge in [0.05, 0.1) is 7.11 Å². The van der Waals surface area contributed by atoms with Gasteiger partial charge >= 0.3 is 0 Å². The standard InChI is InChI=1S/C24H30N4O2/c1-25-24(27-15-14-26-23(29)21-8-10-22(30-2)11-9-21)28-16-12-20(13-17-28)18-19-6-4-3-5-7-19/h3-11,18H,12-17H2,1-2H3,(H,25,27)(H,26,29). The quantitative estimate of drug-likeness (QED) is 0.439. The number of guanidine groups is 1. The monoisotopic (exact) mass is 406 g/mol. The van der Waals surface area contributed by atoms with Crippen molar-refractivity contribution in [3.05, 3.63) is 71.3 Å². The molecule has 0 saturated carbocycles. The fraction of sp³-hybridized carbons (Fsp3) is 0.333. The minimum atomic E-state index is -0.0943. The molecule has 2 aromatic carbocycles. The van der Waals surface area contributed by atoms with Crippen LogP contribution in [0.25, 0.3) is 6.08 Å². The van der Waals surface area contributed by atoms with E-state index in [-0.39, 0.29) is 5.91 Å². The molecule has 1 aliphatic heterocycles. The van der Waals surface area contributed by atoms with Gasteiger partial charge in [0.15, 0.2) is 5.96 Å². The van der Waals surface area contributed by atoms with Gasteiger partial charge in [0, 0.05) is 38.8 Å². The van der Waals surface area contributed by atoms with Crippen molar-refractivity contribution in [2.75, 3.05) is 40.3 Å². The van der Waals surface area contributed by atoms with Crippen LogP contribution in [0.15, 0.2) is 65.2 Å². The van der Waals surface area contributed by atoms with Crippen molar-refractivity contribution in [3.63, 3.8) is 0 Å². The molecule has 2 N–H and O–H groups in total. The van der Waals surface area contributed by atoms with Gasteiger partial charge in [-0.05, 0) is 42.7 Å². The summed E-state index contributed by atoms with van der Waals surface area (Å²) in [6.07, 6.45) is 4.36. The van der Waals surface area contributed by atoms with Gasteiger partial charge in [-0.2, -0.15) is 0 Å². The average molecular weight is 407 g/mol. The van der Waals surface area contributed by atoms with Gasteiger partial charge in [0.1, 0.15) is 5.75 Å². The number of hydrogen-bond acceptors (Lipinski definition) is 3. The normalized spacial score (nSPS) is 14.3. The minimum absolute atomic E-state index is 0.0943. The molecule has 1 saturated heterocycles. The Morgan fingerprint density at radius 1 is 1.03 bits per heavy atom. The van der Waals surface area contributed by atoms with E-state index in [2.05, 4.69) is 50.9 Å². The summed E-state index contributed by atoms with van der Waals surface area (Å²) in [6.45, 7) is 3.03. The number of methoxy groups -OCH3 is 1. The second kappa shape index (κ2) is 11.0. The lowest BCUT2D eigenvalue weighted by molar-refractivity contribution is 0.0954. The highest BCUT2D eigenvalue weighted by atomic mass is 16.5. The second-order valence-corrected chi connectivity index (χ2v) is 7.16. The fourth-order valence-electron chi connectivity index (χ4n) is 3.46. The van der Waals surface area contributed by atoms with E-state index in [0.29, 0.717) is 18.7 Å². The largest absolute Gasteiger partial charge is 0.497 e. The van der Waals surface area contributed by atoms with Crippen LogP contribution in [0, 0.1) is 0 Å². The smallest absolute Gasteiger partial charge is 0.251 e. The van der Waals surface area contributed by atoms with E-state index in [0.717, 1.165) is 37.6 Å². The predicted octanol–water partition coefficient (Wildman–Crippen LogP) is 3.18. The third-order valence-electron chi connectivity index (χ3n) is 5.13. The lowest BCUT2D eigenvalue weighted by atomic mass is 10.0. The molecule has 6 nitrogen and oxygen atoms in total. The molecule has 0 aromatic heterocycles. The van der Waals surface area contributed by atoms with Crippen LogP contribution in [0.4, 0.5) is 0 Å². The van der Waals surface area contributed by atoms with Crippen molar-refractivity contribution in [1.29, 1.82) is 0 Å². The van der Waals surface area contributed by atoms with E-state index in [1.165, 1.54) is 11.1 Å². The molecule has 1 aliphatic rings. The Morgan fingerprint density at radius 3 is 2.33 bits per heavy atom. The van der Waals surface area contributed by atoms with Crippen LogP contribution in [0.2, 0.25) is 0 Å². The Morgan fingerprint density at radius 2 is 1.70 bits per heavy atom. The van der Waals surface area contributed by atoms with Gasteiger partial charge in [-0.3, -0.25) is 9.79 Å². The van der Waals surface area contributed by atoms with Crippen molar-refractivity contribution in [3.8, 4) is 5.75 Å². The van der Waals surface area contributed by atoms with E-state index in [4.69, 9.17) is 4.74 Å². The molecule has 2 aromatic rings. The number of likely N-dealkylation sites (tertiary alicyclic amines) is 1. The second-order valence-electron chi connectivity index (χ2n) is 7.16. The van der Waals surface area contributed by atoms with Crippen LogP contribution >= 0.6 is 0 Å². The van der Waals surface area contributed by atoms with Gasteiger partial charge < -0.3 is 20.3 Å². The molecule has 0 bridgehead atoms. The zero-order valence-electron chi connectivity index (χ0n) is 17.7. The molecular weight excluding hydrogens is 376 g/mol. The number of piperidine rings is 1. The molecular formula is C24H30N4O2. The summed E-state index contributed by atoms with van der Waals surface area (Å²) in [5.74, 6) is 1.52. The van der Waals surface area contributed by atoms with Crippen LogP contribution in [0.3, 0.4) is 0 Å². The highest BCUT2D eigenvalue weighted by Crippen LogP contribution is 2.19. The molecule has 6 heteroatoms. The van der Waals surface area contributed by atoms with Gasteiger partial charge in [-0.15, -0.1) is 0 Å². The molecule has 0 aliphatic carbocycles. The maximum absolute atomic E-state index is 12.2. The number of ether oxygens (including phenoxy) is 1. The van der Waals surface area contributed by atoms with E-state index >= 15 is 0 Å². The van der Waals surface area contributed by atoms with Crippen LogP contribution < -0.4 is 15.4 Å². The van der Waals surface area contributed by atoms with E-state index < -0.39 is 0 Å². The Hall–Kier alpha value is -3.28. The molecule has 0 atom stereocenters. The predicted molar refractivity (Wildman–Crippen MR) is 122 cm³/mol. The van der Waals surface area contributed by atoms with E-state index in [1.54, 1.807) is 38.4 Å². The topological polar surface area (TPSA) is 66.0 Å². The lowest BCUT2D eigenvalue weighted by Gasteiger charge is -2.31. The number of aliphatic imine (C=N–C) groups is 1. The maximum atomic E-state index is 12.2. The summed E-state index contributed by atoms with van der Waals surface area (Å²) in [6, 6.07) is 17.5. The lowest BCUT2D eigenvalue weighted by Crippen LogP contribution is -2.46. The SMILES string of the molecule is CN=C(NCCNC(=O)c1ccc(OC)cc1)N1CCC(=Cc2ccccc2)CC1. The van der Waals surface area contributed by atoms with Crippen molar-refractivity contribution in [1.82, 2.24) is 15.5 Å². The molecule has 0 unspecified atom stereocenters. The van der Waals surface area contributed by atoms with Gasteiger partial charge in [-0.25, -0.2) is 0 Å². The third-order valence-corrected chi connectivity index (χ3v) is 5.13. The van der Waals surface area contributed by atoms with Crippen molar-refractivity contribution in [2.24, 2.45) is 4.99 Å². The number of amides is 1. The summed E-state index contributed by atoms with van der Waals surface area (Å²) < 4.78 is 5.12. The first-order chi connectivity index (χ1) is 14.7. The minimum Gasteiger partial charge on any atom is -0.497 e. The summed E-state index contributed by atoms with van der Waals surface area (Å²) >= 11 is 0. The number of benzene rings is 2. The molecule has 1 fully saturated rings. The summed E-state index contributed by atoms with van der Waals surface area (Å²) in [5.41, 5.74) is 3.35. The van der Waals surface area contributed by atoms with Crippen molar-refractivity contribution >= 4 is 17.9 Å². The van der Waals surface area contributed by atoms with Crippen LogP contribution in [0.5, 0.6) is 5.75 Å². The number of nitrogens with one attached hydrogen (secondary N) is 2. The highest BCUT2D eigenvalue weighted by molar-refractivity contribution is 5.94. The zero-order valence-corrected chi connectivity index (χ0v) is 17.7. The average Bonchev–Trinajstić information content (AvgIpc) is 2.80. The van der Waals surface area contributed by atoms with Gasteiger partial charge in [0.25, 0.3) is 5.91 Å². The summed E-state index contributed by atoms with van der Waals surface area (Å²) in [4.78, 5) is 18.9. The van der Waals surface area contributed by atoms with Crippen molar-refractivity contribution < 1.29 is 9.53 Å².